The monoisotopic (exact) mass is 389 g/mol. The predicted octanol–water partition coefficient (Wildman–Crippen LogP) is 5.39. The zero-order valence-corrected chi connectivity index (χ0v) is 17.2. The molecule has 1 aromatic heterocycles. The Morgan fingerprint density at radius 3 is 2.48 bits per heavy atom. The van der Waals surface area contributed by atoms with Gasteiger partial charge in [-0.15, -0.1) is 0 Å². The minimum atomic E-state index is -0.0545. The highest BCUT2D eigenvalue weighted by molar-refractivity contribution is 5.95. The molecule has 4 heteroatoms. The summed E-state index contributed by atoms with van der Waals surface area (Å²) in [6, 6.07) is 12.9. The van der Waals surface area contributed by atoms with Crippen molar-refractivity contribution in [1.29, 1.82) is 0 Å². The third kappa shape index (κ3) is 3.98. The minimum absolute atomic E-state index is 0.0402. The molecule has 1 amide bonds. The summed E-state index contributed by atoms with van der Waals surface area (Å²) in [7, 11) is 0. The van der Waals surface area contributed by atoms with Gasteiger partial charge in [0.25, 0.3) is 5.91 Å². The molecule has 0 aliphatic heterocycles. The number of carbonyl (C=O) groups excluding carboxylic acids is 1. The average Bonchev–Trinajstić information content (AvgIpc) is 2.70. The molecule has 1 heterocycles. The molecular formula is C25H27NO3. The molecule has 4 nitrogen and oxygen atoms in total. The second-order valence-corrected chi connectivity index (χ2v) is 8.35. The van der Waals surface area contributed by atoms with Crippen LogP contribution in [0, 0.1) is 19.8 Å². The summed E-state index contributed by atoms with van der Waals surface area (Å²) < 4.78 is 6.05. The molecule has 0 spiro atoms. The van der Waals surface area contributed by atoms with E-state index in [-0.39, 0.29) is 17.4 Å². The Kier molecular flexibility index (Phi) is 5.27. The summed E-state index contributed by atoms with van der Waals surface area (Å²) >= 11 is 0. The molecule has 3 aromatic rings. The fourth-order valence-electron chi connectivity index (χ4n) is 4.32. The van der Waals surface area contributed by atoms with E-state index in [0.29, 0.717) is 28.2 Å². The Labute approximate surface area is 170 Å². The lowest BCUT2D eigenvalue weighted by Gasteiger charge is -2.29. The summed E-state index contributed by atoms with van der Waals surface area (Å²) in [6.45, 7) is 6.12. The fraction of sp³-hybridized carbons (Fsp3) is 0.360. The molecule has 1 fully saturated rings. The van der Waals surface area contributed by atoms with Gasteiger partial charge in [-0.2, -0.15) is 0 Å². The van der Waals surface area contributed by atoms with Crippen molar-refractivity contribution in [3.63, 3.8) is 0 Å². The summed E-state index contributed by atoms with van der Waals surface area (Å²) in [5.74, 6) is 0.995. The number of aryl methyl sites for hydroxylation is 2. The molecule has 1 aliphatic carbocycles. The van der Waals surface area contributed by atoms with Crippen LogP contribution in [0.15, 0.2) is 51.7 Å². The highest BCUT2D eigenvalue weighted by Gasteiger charge is 2.23. The maximum absolute atomic E-state index is 12.6. The van der Waals surface area contributed by atoms with Gasteiger partial charge in [0, 0.05) is 23.2 Å². The lowest BCUT2D eigenvalue weighted by atomic mass is 9.86. The van der Waals surface area contributed by atoms with Crippen LogP contribution in [-0.4, -0.2) is 11.9 Å². The molecule has 0 saturated heterocycles. The van der Waals surface area contributed by atoms with Crippen molar-refractivity contribution < 1.29 is 9.21 Å². The Hall–Kier alpha value is -2.88. The molecule has 1 N–H and O–H groups in total. The lowest BCUT2D eigenvalue weighted by Crippen LogP contribution is -2.41. The van der Waals surface area contributed by atoms with Crippen molar-refractivity contribution in [2.75, 3.05) is 0 Å². The molecule has 1 saturated carbocycles. The second kappa shape index (κ2) is 7.86. The molecule has 2 aromatic carbocycles. The molecule has 2 unspecified atom stereocenters. The summed E-state index contributed by atoms with van der Waals surface area (Å²) in [6.07, 6.45) is 4.64. The predicted molar refractivity (Wildman–Crippen MR) is 116 cm³/mol. The van der Waals surface area contributed by atoms with Gasteiger partial charge in [-0.25, -0.2) is 0 Å². The molecule has 29 heavy (non-hydrogen) atoms. The summed E-state index contributed by atoms with van der Waals surface area (Å²) in [4.78, 5) is 25.2. The van der Waals surface area contributed by atoms with E-state index in [0.717, 1.165) is 23.1 Å². The number of amides is 1. The molecule has 4 rings (SSSR count). The number of rotatable bonds is 3. The Balaban J connectivity index is 1.59. The number of hydrogen-bond donors (Lipinski definition) is 1. The third-order valence-electron chi connectivity index (χ3n) is 6.02. The van der Waals surface area contributed by atoms with Crippen LogP contribution in [0.1, 0.15) is 54.1 Å². The first-order valence-corrected chi connectivity index (χ1v) is 10.4. The van der Waals surface area contributed by atoms with Crippen molar-refractivity contribution in [2.45, 2.75) is 52.5 Å². The molecule has 1 aliphatic rings. The molecular weight excluding hydrogens is 362 g/mol. The van der Waals surface area contributed by atoms with Gasteiger partial charge in [0.05, 0.1) is 5.39 Å². The highest BCUT2D eigenvalue weighted by atomic mass is 16.3. The van der Waals surface area contributed by atoms with E-state index >= 15 is 0 Å². The van der Waals surface area contributed by atoms with E-state index in [1.165, 1.54) is 25.3 Å². The van der Waals surface area contributed by atoms with Crippen LogP contribution in [0.5, 0.6) is 0 Å². The SMILES string of the molecule is Cc1cc(C)c2oc(-c3ccc(C(=O)NC4CCCCC4C)cc3)cc(=O)c2c1. The molecule has 150 valence electrons. The number of carbonyl (C=O) groups is 1. The van der Waals surface area contributed by atoms with Gasteiger partial charge >= 0.3 is 0 Å². The average molecular weight is 389 g/mol. The van der Waals surface area contributed by atoms with E-state index in [9.17, 15) is 9.59 Å². The third-order valence-corrected chi connectivity index (χ3v) is 6.02. The van der Waals surface area contributed by atoms with E-state index < -0.39 is 0 Å². The highest BCUT2D eigenvalue weighted by Crippen LogP contribution is 2.26. The largest absolute Gasteiger partial charge is 0.456 e. The molecule has 0 radical (unpaired) electrons. The maximum Gasteiger partial charge on any atom is 0.251 e. The van der Waals surface area contributed by atoms with Crippen molar-refractivity contribution in [2.24, 2.45) is 5.92 Å². The normalized spacial score (nSPS) is 19.3. The van der Waals surface area contributed by atoms with Crippen LogP contribution in [0.25, 0.3) is 22.3 Å². The van der Waals surface area contributed by atoms with Gasteiger partial charge < -0.3 is 9.73 Å². The van der Waals surface area contributed by atoms with Gasteiger partial charge in [-0.1, -0.05) is 38.0 Å². The van der Waals surface area contributed by atoms with Crippen molar-refractivity contribution in [3.8, 4) is 11.3 Å². The maximum atomic E-state index is 12.6. The minimum Gasteiger partial charge on any atom is -0.456 e. The van der Waals surface area contributed by atoms with E-state index in [4.69, 9.17) is 4.42 Å². The lowest BCUT2D eigenvalue weighted by molar-refractivity contribution is 0.0910. The molecule has 2 atom stereocenters. The van der Waals surface area contributed by atoms with Crippen LogP contribution >= 0.6 is 0 Å². The van der Waals surface area contributed by atoms with Crippen molar-refractivity contribution in [1.82, 2.24) is 5.32 Å². The first kappa shape index (κ1) is 19.4. The van der Waals surface area contributed by atoms with Crippen LogP contribution in [0.4, 0.5) is 0 Å². The van der Waals surface area contributed by atoms with Crippen LogP contribution in [0.3, 0.4) is 0 Å². The Bertz CT molecular complexity index is 1110. The van der Waals surface area contributed by atoms with Gasteiger partial charge in [0.1, 0.15) is 11.3 Å². The Morgan fingerprint density at radius 1 is 1.03 bits per heavy atom. The number of nitrogens with one attached hydrogen (secondary N) is 1. The number of fused-ring (bicyclic) bond motifs is 1. The quantitative estimate of drug-likeness (QED) is 0.654. The topological polar surface area (TPSA) is 59.3 Å². The zero-order valence-electron chi connectivity index (χ0n) is 17.2. The van der Waals surface area contributed by atoms with E-state index in [1.54, 1.807) is 12.1 Å². The first-order valence-electron chi connectivity index (χ1n) is 10.4. The standard InChI is InChI=1S/C25H27NO3/c1-15-12-17(3)24-20(13-15)22(27)14-23(29-24)18-8-10-19(11-9-18)25(28)26-21-7-5-4-6-16(21)2/h8-14,16,21H,4-7H2,1-3H3,(H,26,28). The first-order chi connectivity index (χ1) is 13.9. The second-order valence-electron chi connectivity index (χ2n) is 8.35. The van der Waals surface area contributed by atoms with Crippen molar-refractivity contribution in [3.05, 3.63) is 69.4 Å². The molecule has 0 bridgehead atoms. The number of benzene rings is 2. The number of hydrogen-bond acceptors (Lipinski definition) is 3. The summed E-state index contributed by atoms with van der Waals surface area (Å²) in [5, 5.41) is 3.78. The zero-order chi connectivity index (χ0) is 20.5. The van der Waals surface area contributed by atoms with Crippen molar-refractivity contribution >= 4 is 16.9 Å². The van der Waals surface area contributed by atoms with Gasteiger partial charge in [0.15, 0.2) is 5.43 Å². The smallest absolute Gasteiger partial charge is 0.251 e. The van der Waals surface area contributed by atoms with Gasteiger partial charge in [0.2, 0.25) is 0 Å². The van der Waals surface area contributed by atoms with Gasteiger partial charge in [-0.3, -0.25) is 9.59 Å². The van der Waals surface area contributed by atoms with Crippen LogP contribution in [-0.2, 0) is 0 Å². The fourth-order valence-corrected chi connectivity index (χ4v) is 4.32. The van der Waals surface area contributed by atoms with E-state index in [2.05, 4.69) is 12.2 Å². The Morgan fingerprint density at radius 2 is 1.76 bits per heavy atom. The van der Waals surface area contributed by atoms with Crippen LogP contribution < -0.4 is 10.7 Å². The van der Waals surface area contributed by atoms with Crippen LogP contribution in [0.2, 0.25) is 0 Å². The van der Waals surface area contributed by atoms with E-state index in [1.807, 2.05) is 38.1 Å². The van der Waals surface area contributed by atoms with Gasteiger partial charge in [-0.05, 0) is 61.9 Å². The summed E-state index contributed by atoms with van der Waals surface area (Å²) in [5.41, 5.74) is 3.95.